The van der Waals surface area contributed by atoms with E-state index in [0.717, 1.165) is 16.3 Å². The van der Waals surface area contributed by atoms with Gasteiger partial charge in [0.15, 0.2) is 6.61 Å². The van der Waals surface area contributed by atoms with Crippen molar-refractivity contribution in [3.63, 3.8) is 0 Å². The SMILES string of the molecule is O=C(COc1ccc2ccccc2c1)Nc1ccccc1-c1nc(-c2cccnc2)no1. The van der Waals surface area contributed by atoms with E-state index in [1.165, 1.54) is 0 Å². The fraction of sp³-hybridized carbons (Fsp3) is 0.0400. The molecule has 1 amide bonds. The van der Waals surface area contributed by atoms with E-state index in [4.69, 9.17) is 9.26 Å². The predicted molar refractivity (Wildman–Crippen MR) is 121 cm³/mol. The quantitative estimate of drug-likeness (QED) is 0.416. The summed E-state index contributed by atoms with van der Waals surface area (Å²) in [6.07, 6.45) is 3.34. The van der Waals surface area contributed by atoms with Crippen LogP contribution in [0.1, 0.15) is 0 Å². The standard InChI is InChI=1S/C25H18N4O3/c30-23(16-31-20-12-11-17-6-1-2-7-18(17)14-20)27-22-10-4-3-9-21(22)25-28-24(29-32-25)19-8-5-13-26-15-19/h1-15H,16H2,(H,27,30). The Morgan fingerprint density at radius 2 is 1.78 bits per heavy atom. The monoisotopic (exact) mass is 422 g/mol. The Bertz CT molecular complexity index is 1380. The zero-order chi connectivity index (χ0) is 21.8. The van der Waals surface area contributed by atoms with Crippen molar-refractivity contribution in [2.45, 2.75) is 0 Å². The van der Waals surface area contributed by atoms with E-state index in [9.17, 15) is 4.79 Å². The maximum Gasteiger partial charge on any atom is 0.262 e. The van der Waals surface area contributed by atoms with Gasteiger partial charge in [-0.05, 0) is 47.2 Å². The normalized spacial score (nSPS) is 10.8. The Hall–Kier alpha value is -4.52. The molecule has 156 valence electrons. The molecular weight excluding hydrogens is 404 g/mol. The van der Waals surface area contributed by atoms with Crippen LogP contribution in [0, 0.1) is 0 Å². The summed E-state index contributed by atoms with van der Waals surface area (Å²) in [5.41, 5.74) is 1.92. The first-order valence-electron chi connectivity index (χ1n) is 10.0. The maximum atomic E-state index is 12.5. The molecule has 5 rings (SSSR count). The summed E-state index contributed by atoms with van der Waals surface area (Å²) in [5.74, 6) is 1.06. The molecule has 0 unspecified atom stereocenters. The number of benzene rings is 3. The Balaban J connectivity index is 1.29. The van der Waals surface area contributed by atoms with Crippen LogP contribution >= 0.6 is 0 Å². The van der Waals surface area contributed by atoms with Gasteiger partial charge in [0.1, 0.15) is 5.75 Å². The molecule has 0 aliphatic rings. The van der Waals surface area contributed by atoms with Gasteiger partial charge in [0.05, 0.1) is 11.3 Å². The Labute approximate surface area is 183 Å². The number of ether oxygens (including phenoxy) is 1. The van der Waals surface area contributed by atoms with Crippen LogP contribution in [0.25, 0.3) is 33.6 Å². The van der Waals surface area contributed by atoms with E-state index in [-0.39, 0.29) is 12.5 Å². The number of hydrogen-bond donors (Lipinski definition) is 1. The number of rotatable bonds is 6. The van der Waals surface area contributed by atoms with Crippen LogP contribution in [0.2, 0.25) is 0 Å². The largest absolute Gasteiger partial charge is 0.484 e. The highest BCUT2D eigenvalue weighted by Gasteiger charge is 2.15. The third kappa shape index (κ3) is 4.17. The van der Waals surface area contributed by atoms with Crippen molar-refractivity contribution >= 4 is 22.4 Å². The maximum absolute atomic E-state index is 12.5. The van der Waals surface area contributed by atoms with Gasteiger partial charge in [0.25, 0.3) is 11.8 Å². The van der Waals surface area contributed by atoms with Crippen molar-refractivity contribution in [3.05, 3.63) is 91.3 Å². The second-order valence-corrected chi connectivity index (χ2v) is 7.06. The zero-order valence-corrected chi connectivity index (χ0v) is 16.9. The molecule has 0 aliphatic heterocycles. The number of para-hydroxylation sites is 1. The van der Waals surface area contributed by atoms with Crippen molar-refractivity contribution < 1.29 is 14.1 Å². The van der Waals surface area contributed by atoms with Crippen LogP contribution < -0.4 is 10.1 Å². The third-order valence-corrected chi connectivity index (χ3v) is 4.87. The number of amides is 1. The van der Waals surface area contributed by atoms with Crippen LogP contribution in [0.15, 0.2) is 95.8 Å². The van der Waals surface area contributed by atoms with Crippen molar-refractivity contribution in [2.75, 3.05) is 11.9 Å². The summed E-state index contributed by atoms with van der Waals surface area (Å²) in [7, 11) is 0. The minimum atomic E-state index is -0.294. The number of nitrogens with zero attached hydrogens (tertiary/aromatic N) is 3. The Kier molecular flexibility index (Phi) is 5.28. The summed E-state index contributed by atoms with van der Waals surface area (Å²) in [4.78, 5) is 21.1. The second-order valence-electron chi connectivity index (χ2n) is 7.06. The number of aromatic nitrogens is 3. The van der Waals surface area contributed by atoms with Gasteiger partial charge in [-0.3, -0.25) is 9.78 Å². The number of carbonyl (C=O) groups is 1. The topological polar surface area (TPSA) is 90.1 Å². The third-order valence-electron chi connectivity index (χ3n) is 4.87. The van der Waals surface area contributed by atoms with Crippen molar-refractivity contribution in [1.29, 1.82) is 0 Å². The molecule has 1 N–H and O–H groups in total. The lowest BCUT2D eigenvalue weighted by Gasteiger charge is -2.10. The van der Waals surface area contributed by atoms with Gasteiger partial charge >= 0.3 is 0 Å². The van der Waals surface area contributed by atoms with E-state index in [1.807, 2.05) is 60.7 Å². The van der Waals surface area contributed by atoms with Crippen LogP contribution in [-0.4, -0.2) is 27.6 Å². The molecule has 0 saturated carbocycles. The van der Waals surface area contributed by atoms with Crippen LogP contribution in [-0.2, 0) is 4.79 Å². The first-order valence-corrected chi connectivity index (χ1v) is 10.0. The van der Waals surface area contributed by atoms with Crippen LogP contribution in [0.5, 0.6) is 5.75 Å². The van der Waals surface area contributed by atoms with Crippen LogP contribution in [0.4, 0.5) is 5.69 Å². The van der Waals surface area contributed by atoms with Crippen molar-refractivity contribution in [2.24, 2.45) is 0 Å². The molecule has 7 heteroatoms. The van der Waals surface area contributed by atoms with Gasteiger partial charge in [0, 0.05) is 18.0 Å². The fourth-order valence-corrected chi connectivity index (χ4v) is 3.32. The molecule has 0 radical (unpaired) electrons. The van der Waals surface area contributed by atoms with Gasteiger partial charge in [-0.2, -0.15) is 4.98 Å². The fourth-order valence-electron chi connectivity index (χ4n) is 3.32. The lowest BCUT2D eigenvalue weighted by Crippen LogP contribution is -2.20. The second kappa shape index (κ2) is 8.69. The molecule has 32 heavy (non-hydrogen) atoms. The molecule has 0 atom stereocenters. The van der Waals surface area contributed by atoms with Crippen molar-refractivity contribution in [1.82, 2.24) is 15.1 Å². The molecule has 5 aromatic rings. The van der Waals surface area contributed by atoms with E-state index < -0.39 is 0 Å². The van der Waals surface area contributed by atoms with E-state index in [1.54, 1.807) is 30.6 Å². The van der Waals surface area contributed by atoms with Gasteiger partial charge < -0.3 is 14.6 Å². The highest BCUT2D eigenvalue weighted by Crippen LogP contribution is 2.28. The molecule has 0 saturated heterocycles. The van der Waals surface area contributed by atoms with E-state index in [2.05, 4.69) is 20.4 Å². The molecule has 0 fully saturated rings. The van der Waals surface area contributed by atoms with Gasteiger partial charge in [-0.15, -0.1) is 0 Å². The minimum absolute atomic E-state index is 0.128. The lowest BCUT2D eigenvalue weighted by atomic mass is 10.1. The Morgan fingerprint density at radius 3 is 2.66 bits per heavy atom. The lowest BCUT2D eigenvalue weighted by molar-refractivity contribution is -0.118. The summed E-state index contributed by atoms with van der Waals surface area (Å²) in [5, 5.41) is 9.05. The number of anilines is 1. The molecule has 0 spiro atoms. The average molecular weight is 422 g/mol. The first kappa shape index (κ1) is 19.4. The number of carbonyl (C=O) groups excluding carboxylic acids is 1. The highest BCUT2D eigenvalue weighted by atomic mass is 16.5. The highest BCUT2D eigenvalue weighted by molar-refractivity contribution is 5.95. The van der Waals surface area contributed by atoms with Gasteiger partial charge in [-0.1, -0.05) is 47.6 Å². The number of nitrogens with one attached hydrogen (secondary N) is 1. The average Bonchev–Trinajstić information content (AvgIpc) is 3.34. The molecule has 7 nitrogen and oxygen atoms in total. The van der Waals surface area contributed by atoms with E-state index >= 15 is 0 Å². The first-order chi connectivity index (χ1) is 15.8. The van der Waals surface area contributed by atoms with Gasteiger partial charge in [0.2, 0.25) is 5.82 Å². The summed E-state index contributed by atoms with van der Waals surface area (Å²) < 4.78 is 11.1. The van der Waals surface area contributed by atoms with E-state index in [0.29, 0.717) is 28.7 Å². The Morgan fingerprint density at radius 1 is 0.938 bits per heavy atom. The summed E-state index contributed by atoms with van der Waals surface area (Å²) in [6.45, 7) is -0.128. The van der Waals surface area contributed by atoms with Gasteiger partial charge in [-0.25, -0.2) is 0 Å². The number of hydrogen-bond acceptors (Lipinski definition) is 6. The van der Waals surface area contributed by atoms with Crippen LogP contribution in [0.3, 0.4) is 0 Å². The zero-order valence-electron chi connectivity index (χ0n) is 16.9. The number of pyridine rings is 1. The summed E-state index contributed by atoms with van der Waals surface area (Å²) >= 11 is 0. The van der Waals surface area contributed by atoms with Crippen molar-refractivity contribution in [3.8, 4) is 28.6 Å². The predicted octanol–water partition coefficient (Wildman–Crippen LogP) is 4.97. The minimum Gasteiger partial charge on any atom is -0.484 e. The molecule has 0 aliphatic carbocycles. The summed E-state index contributed by atoms with van der Waals surface area (Å²) in [6, 6.07) is 24.6. The molecule has 2 heterocycles. The molecule has 0 bridgehead atoms. The molecule has 2 aromatic heterocycles. The smallest absolute Gasteiger partial charge is 0.262 e. The number of fused-ring (bicyclic) bond motifs is 1. The molecular formula is C25H18N4O3. The molecule has 3 aromatic carbocycles.